The molecule has 1 N–H and O–H groups in total. The van der Waals surface area contributed by atoms with E-state index in [0.29, 0.717) is 17.0 Å². The highest BCUT2D eigenvalue weighted by molar-refractivity contribution is 7.80. The lowest BCUT2D eigenvalue weighted by Gasteiger charge is -2.28. The van der Waals surface area contributed by atoms with Crippen LogP contribution in [-0.2, 0) is 9.59 Å². The van der Waals surface area contributed by atoms with Crippen LogP contribution >= 0.6 is 23.8 Å². The Morgan fingerprint density at radius 1 is 1.07 bits per heavy atom. The topological polar surface area (TPSA) is 62.6 Å². The number of carbonyl (C=O) groups is 2. The van der Waals surface area contributed by atoms with Crippen molar-refractivity contribution < 1.29 is 18.4 Å². The summed E-state index contributed by atoms with van der Waals surface area (Å²) in [5.41, 5.74) is 0.975. The molecule has 0 radical (unpaired) electrons. The Morgan fingerprint density at radius 3 is 2.55 bits per heavy atom. The molecule has 29 heavy (non-hydrogen) atoms. The normalized spacial score (nSPS) is 15.7. The summed E-state index contributed by atoms with van der Waals surface area (Å²) in [6.45, 7) is 0. The zero-order valence-corrected chi connectivity index (χ0v) is 16.3. The fourth-order valence-corrected chi connectivity index (χ4v) is 3.31. The first-order chi connectivity index (χ1) is 13.9. The van der Waals surface area contributed by atoms with E-state index < -0.39 is 17.6 Å². The van der Waals surface area contributed by atoms with Gasteiger partial charge in [0.1, 0.15) is 22.9 Å². The van der Waals surface area contributed by atoms with Crippen molar-refractivity contribution in [1.82, 2.24) is 5.32 Å². The molecule has 3 aromatic rings. The molecule has 2 heterocycles. The zero-order chi connectivity index (χ0) is 20.5. The second-order valence-corrected chi connectivity index (χ2v) is 6.92. The number of para-hydroxylation sites is 1. The smallest absolute Gasteiger partial charge is 0.270 e. The van der Waals surface area contributed by atoms with Gasteiger partial charge in [0.2, 0.25) is 0 Å². The highest BCUT2D eigenvalue weighted by Gasteiger charge is 2.34. The number of hydrogen-bond donors (Lipinski definition) is 1. The lowest BCUT2D eigenvalue weighted by atomic mass is 10.1. The van der Waals surface area contributed by atoms with E-state index in [1.807, 2.05) is 6.07 Å². The Kier molecular flexibility index (Phi) is 5.00. The summed E-state index contributed by atoms with van der Waals surface area (Å²) in [5.74, 6) is -1.02. The van der Waals surface area contributed by atoms with Gasteiger partial charge in [-0.1, -0.05) is 29.8 Å². The Bertz CT molecular complexity index is 1170. The summed E-state index contributed by atoms with van der Waals surface area (Å²) in [6, 6.07) is 16.2. The number of rotatable bonds is 3. The van der Waals surface area contributed by atoms with Crippen molar-refractivity contribution in [3.63, 3.8) is 0 Å². The number of hydrogen-bond acceptors (Lipinski definition) is 4. The Balaban J connectivity index is 1.67. The molecule has 0 saturated carbocycles. The molecule has 1 aliphatic rings. The van der Waals surface area contributed by atoms with E-state index >= 15 is 0 Å². The molecule has 2 amide bonds. The maximum atomic E-state index is 13.4. The first-order valence-corrected chi connectivity index (χ1v) is 9.24. The molecular formula is C21H12ClFN2O3S. The van der Waals surface area contributed by atoms with Crippen LogP contribution in [0.1, 0.15) is 5.76 Å². The van der Waals surface area contributed by atoms with Crippen molar-refractivity contribution in [2.45, 2.75) is 0 Å². The van der Waals surface area contributed by atoms with Crippen molar-refractivity contribution in [2.75, 3.05) is 4.90 Å². The van der Waals surface area contributed by atoms with Gasteiger partial charge in [-0.25, -0.2) is 4.39 Å². The molecule has 1 aromatic heterocycles. The van der Waals surface area contributed by atoms with Gasteiger partial charge in [-0.2, -0.15) is 0 Å². The third-order valence-electron chi connectivity index (χ3n) is 4.23. The molecule has 8 heteroatoms. The number of anilines is 1. The summed E-state index contributed by atoms with van der Waals surface area (Å²) < 4.78 is 19.0. The number of halogens is 2. The average molecular weight is 427 g/mol. The van der Waals surface area contributed by atoms with Gasteiger partial charge in [0.05, 0.1) is 10.7 Å². The van der Waals surface area contributed by atoms with E-state index in [9.17, 15) is 14.0 Å². The third kappa shape index (κ3) is 3.70. The molecule has 144 valence electrons. The number of nitrogens with one attached hydrogen (secondary N) is 1. The molecule has 1 saturated heterocycles. The van der Waals surface area contributed by atoms with Crippen LogP contribution in [-0.4, -0.2) is 16.9 Å². The first kappa shape index (κ1) is 19.0. The van der Waals surface area contributed by atoms with Crippen LogP contribution in [0.4, 0.5) is 10.1 Å². The standard InChI is InChI=1S/C21H12ClFN2O3S/c22-16-10-12(6-8-17(16)23)18-9-7-14(28-18)11-15-19(26)24-21(29)25(20(15)27)13-4-2-1-3-5-13/h1-11H,(H,24,26,29)/b15-11-. The molecule has 0 unspecified atom stereocenters. The molecule has 2 aromatic carbocycles. The van der Waals surface area contributed by atoms with Crippen LogP contribution in [0.25, 0.3) is 17.4 Å². The summed E-state index contributed by atoms with van der Waals surface area (Å²) >= 11 is 11.0. The van der Waals surface area contributed by atoms with Crippen LogP contribution < -0.4 is 10.2 Å². The Labute approximate surface area is 175 Å². The van der Waals surface area contributed by atoms with E-state index in [2.05, 4.69) is 5.32 Å². The number of nitrogens with zero attached hydrogens (tertiary/aromatic N) is 1. The highest BCUT2D eigenvalue weighted by Crippen LogP contribution is 2.28. The van der Waals surface area contributed by atoms with E-state index in [0.717, 1.165) is 0 Å². The molecule has 0 atom stereocenters. The first-order valence-electron chi connectivity index (χ1n) is 8.46. The van der Waals surface area contributed by atoms with Crippen LogP contribution in [0.2, 0.25) is 5.02 Å². The number of benzene rings is 2. The quantitative estimate of drug-likeness (QED) is 0.378. The van der Waals surface area contributed by atoms with E-state index in [1.54, 1.807) is 36.4 Å². The van der Waals surface area contributed by atoms with Crippen molar-refractivity contribution >= 4 is 52.5 Å². The second kappa shape index (κ2) is 7.62. The molecular weight excluding hydrogens is 415 g/mol. The van der Waals surface area contributed by atoms with Crippen molar-refractivity contribution in [3.8, 4) is 11.3 Å². The largest absolute Gasteiger partial charge is 0.457 e. The predicted molar refractivity (Wildman–Crippen MR) is 112 cm³/mol. The van der Waals surface area contributed by atoms with Gasteiger partial charge in [0.25, 0.3) is 11.8 Å². The summed E-state index contributed by atoms with van der Waals surface area (Å²) in [7, 11) is 0. The van der Waals surface area contributed by atoms with Gasteiger partial charge in [-0.05, 0) is 60.8 Å². The highest BCUT2D eigenvalue weighted by atomic mass is 35.5. The van der Waals surface area contributed by atoms with Gasteiger partial charge in [0.15, 0.2) is 5.11 Å². The SMILES string of the molecule is O=C1NC(=S)N(c2ccccc2)C(=O)/C1=C\c1ccc(-c2ccc(F)c(Cl)c2)o1. The minimum absolute atomic E-state index is 0.00411. The van der Waals surface area contributed by atoms with Crippen molar-refractivity contribution in [2.24, 2.45) is 0 Å². The molecule has 0 bridgehead atoms. The van der Waals surface area contributed by atoms with E-state index in [-0.39, 0.29) is 21.5 Å². The number of amides is 2. The maximum absolute atomic E-state index is 13.4. The molecule has 0 spiro atoms. The van der Waals surface area contributed by atoms with Gasteiger partial charge >= 0.3 is 0 Å². The zero-order valence-electron chi connectivity index (χ0n) is 14.7. The fraction of sp³-hybridized carbons (Fsp3) is 0. The monoisotopic (exact) mass is 426 g/mol. The Morgan fingerprint density at radius 2 is 1.83 bits per heavy atom. The minimum atomic E-state index is -0.616. The third-order valence-corrected chi connectivity index (χ3v) is 4.81. The van der Waals surface area contributed by atoms with Gasteiger partial charge in [0, 0.05) is 5.56 Å². The molecule has 1 aliphatic heterocycles. The molecule has 1 fully saturated rings. The fourth-order valence-electron chi connectivity index (χ4n) is 2.85. The van der Waals surface area contributed by atoms with Crippen molar-refractivity contribution in [1.29, 1.82) is 0 Å². The number of furan rings is 1. The number of thiocarbonyl (C=S) groups is 1. The van der Waals surface area contributed by atoms with Crippen LogP contribution in [0.15, 0.2) is 70.7 Å². The molecule has 4 rings (SSSR count). The maximum Gasteiger partial charge on any atom is 0.270 e. The van der Waals surface area contributed by atoms with E-state index in [1.165, 1.54) is 29.2 Å². The Hall–Kier alpha value is -3.29. The lowest BCUT2D eigenvalue weighted by molar-refractivity contribution is -0.122. The van der Waals surface area contributed by atoms with Crippen LogP contribution in [0.3, 0.4) is 0 Å². The van der Waals surface area contributed by atoms with Gasteiger partial charge in [-0.3, -0.25) is 19.8 Å². The minimum Gasteiger partial charge on any atom is -0.457 e. The lowest BCUT2D eigenvalue weighted by Crippen LogP contribution is -2.54. The molecule has 0 aliphatic carbocycles. The second-order valence-electron chi connectivity index (χ2n) is 6.12. The van der Waals surface area contributed by atoms with Crippen LogP contribution in [0.5, 0.6) is 0 Å². The summed E-state index contributed by atoms with van der Waals surface area (Å²) in [5, 5.41) is 2.48. The van der Waals surface area contributed by atoms with Crippen LogP contribution in [0, 0.1) is 5.82 Å². The van der Waals surface area contributed by atoms with Gasteiger partial charge < -0.3 is 4.42 Å². The predicted octanol–water partition coefficient (Wildman–Crippen LogP) is 4.57. The van der Waals surface area contributed by atoms with E-state index in [4.69, 9.17) is 28.2 Å². The number of carbonyl (C=O) groups excluding carboxylic acids is 2. The summed E-state index contributed by atoms with van der Waals surface area (Å²) in [4.78, 5) is 26.5. The molecule has 5 nitrogen and oxygen atoms in total. The van der Waals surface area contributed by atoms with Gasteiger partial charge in [-0.15, -0.1) is 0 Å². The summed E-state index contributed by atoms with van der Waals surface area (Å²) in [6.07, 6.45) is 1.34. The van der Waals surface area contributed by atoms with Crippen molar-refractivity contribution in [3.05, 3.63) is 82.8 Å². The average Bonchev–Trinajstić information content (AvgIpc) is 3.17.